The van der Waals surface area contributed by atoms with Crippen LogP contribution in [-0.2, 0) is 6.54 Å². The predicted molar refractivity (Wildman–Crippen MR) is 82.7 cm³/mol. The first-order valence-corrected chi connectivity index (χ1v) is 8.05. The normalized spacial score (nSPS) is 13.2. The Bertz CT molecular complexity index is 323. The minimum atomic E-state index is 0.571. The second kappa shape index (κ2) is 8.92. The van der Waals surface area contributed by atoms with Gasteiger partial charge in [-0.2, -0.15) is 0 Å². The fourth-order valence-corrected chi connectivity index (χ4v) is 3.02. The summed E-state index contributed by atoms with van der Waals surface area (Å²) >= 11 is 7.57. The lowest BCUT2D eigenvalue weighted by Crippen LogP contribution is -2.28. The highest BCUT2D eigenvalue weighted by atomic mass is 35.5. The van der Waals surface area contributed by atoms with E-state index in [1.165, 1.54) is 24.3 Å². The van der Waals surface area contributed by atoms with Gasteiger partial charge in [0.05, 0.1) is 4.34 Å². The molecule has 1 aromatic rings. The summed E-state index contributed by atoms with van der Waals surface area (Å²) in [5, 5.41) is 3.56. The van der Waals surface area contributed by atoms with Gasteiger partial charge in [-0.15, -0.1) is 11.3 Å². The molecule has 18 heavy (non-hydrogen) atoms. The van der Waals surface area contributed by atoms with Crippen LogP contribution in [-0.4, -0.2) is 30.6 Å². The maximum atomic E-state index is 5.91. The lowest BCUT2D eigenvalue weighted by Gasteiger charge is -2.19. The molecule has 0 aliphatic rings. The van der Waals surface area contributed by atoms with E-state index in [2.05, 4.69) is 37.1 Å². The number of thiophene rings is 1. The zero-order valence-electron chi connectivity index (χ0n) is 11.7. The summed E-state index contributed by atoms with van der Waals surface area (Å²) < 4.78 is 0.876. The Morgan fingerprint density at radius 3 is 2.61 bits per heavy atom. The van der Waals surface area contributed by atoms with Crippen molar-refractivity contribution < 1.29 is 0 Å². The van der Waals surface area contributed by atoms with Crippen LogP contribution in [0.1, 0.15) is 38.5 Å². The molecule has 0 aliphatic carbocycles. The number of hydrogen-bond donors (Lipinski definition) is 1. The third kappa shape index (κ3) is 6.19. The van der Waals surface area contributed by atoms with E-state index in [4.69, 9.17) is 11.6 Å². The lowest BCUT2D eigenvalue weighted by molar-refractivity contribution is 0.290. The molecular formula is C14H25ClN2S. The van der Waals surface area contributed by atoms with Gasteiger partial charge in [-0.3, -0.25) is 0 Å². The van der Waals surface area contributed by atoms with Crippen molar-refractivity contribution in [3.63, 3.8) is 0 Å². The first-order valence-electron chi connectivity index (χ1n) is 6.85. The first kappa shape index (κ1) is 16.0. The van der Waals surface area contributed by atoms with Crippen LogP contribution in [0.5, 0.6) is 0 Å². The zero-order chi connectivity index (χ0) is 13.4. The molecule has 0 aromatic carbocycles. The zero-order valence-corrected chi connectivity index (χ0v) is 13.3. The highest BCUT2D eigenvalue weighted by Crippen LogP contribution is 2.21. The largest absolute Gasteiger partial charge is 0.309 e. The van der Waals surface area contributed by atoms with Crippen LogP contribution in [0.15, 0.2) is 12.1 Å². The Kier molecular flexibility index (Phi) is 7.91. The quantitative estimate of drug-likeness (QED) is 0.739. The molecule has 4 heteroatoms. The number of rotatable bonds is 9. The number of halogens is 1. The van der Waals surface area contributed by atoms with Gasteiger partial charge in [0, 0.05) is 17.5 Å². The summed E-state index contributed by atoms with van der Waals surface area (Å²) in [6.07, 6.45) is 2.50. The predicted octanol–water partition coefficient (Wildman–Crippen LogP) is 4.00. The molecule has 0 amide bonds. The van der Waals surface area contributed by atoms with Crippen molar-refractivity contribution in [2.45, 2.75) is 46.2 Å². The van der Waals surface area contributed by atoms with Gasteiger partial charge in [0.2, 0.25) is 0 Å². The minimum Gasteiger partial charge on any atom is -0.309 e. The summed E-state index contributed by atoms with van der Waals surface area (Å²) in [6, 6.07) is 4.64. The fraction of sp³-hybridized carbons (Fsp3) is 0.714. The van der Waals surface area contributed by atoms with Crippen molar-refractivity contribution in [3.8, 4) is 0 Å². The topological polar surface area (TPSA) is 15.3 Å². The Morgan fingerprint density at radius 2 is 2.06 bits per heavy atom. The van der Waals surface area contributed by atoms with Gasteiger partial charge < -0.3 is 10.2 Å². The van der Waals surface area contributed by atoms with Gasteiger partial charge >= 0.3 is 0 Å². The third-order valence-corrected chi connectivity index (χ3v) is 4.49. The van der Waals surface area contributed by atoms with E-state index in [1.807, 2.05) is 6.07 Å². The Morgan fingerprint density at radius 1 is 1.33 bits per heavy atom. The van der Waals surface area contributed by atoms with Crippen molar-refractivity contribution in [2.24, 2.45) is 0 Å². The van der Waals surface area contributed by atoms with Crippen LogP contribution in [0.2, 0.25) is 4.34 Å². The molecule has 0 fully saturated rings. The molecule has 1 atom stereocenters. The Balaban J connectivity index is 2.12. The van der Waals surface area contributed by atoms with E-state index in [0.29, 0.717) is 6.04 Å². The molecule has 0 radical (unpaired) electrons. The molecule has 0 saturated heterocycles. The van der Waals surface area contributed by atoms with Gasteiger partial charge in [0.25, 0.3) is 0 Å². The van der Waals surface area contributed by atoms with E-state index in [1.54, 1.807) is 11.3 Å². The smallest absolute Gasteiger partial charge is 0.0931 e. The van der Waals surface area contributed by atoms with Gasteiger partial charge in [-0.05, 0) is 51.5 Å². The summed E-state index contributed by atoms with van der Waals surface area (Å²) in [7, 11) is 0. The Labute approximate surface area is 120 Å². The standard InChI is InChI=1S/C14H25ClN2S/c1-4-17(5-2)10-6-7-12(3)16-11-13-8-9-14(15)18-13/h8-9,12,16H,4-7,10-11H2,1-3H3. The summed E-state index contributed by atoms with van der Waals surface area (Å²) in [5.41, 5.74) is 0. The van der Waals surface area contributed by atoms with Gasteiger partial charge in [-0.1, -0.05) is 25.4 Å². The molecule has 1 rings (SSSR count). The van der Waals surface area contributed by atoms with Crippen LogP contribution in [0, 0.1) is 0 Å². The van der Waals surface area contributed by atoms with Gasteiger partial charge in [-0.25, -0.2) is 0 Å². The first-order chi connectivity index (χ1) is 8.65. The van der Waals surface area contributed by atoms with Gasteiger partial charge in [0.1, 0.15) is 0 Å². The molecule has 1 unspecified atom stereocenters. The van der Waals surface area contributed by atoms with Crippen molar-refractivity contribution in [3.05, 3.63) is 21.3 Å². The summed E-state index contributed by atoms with van der Waals surface area (Å²) in [5.74, 6) is 0. The summed E-state index contributed by atoms with van der Waals surface area (Å²) in [4.78, 5) is 3.79. The monoisotopic (exact) mass is 288 g/mol. The molecular weight excluding hydrogens is 264 g/mol. The van der Waals surface area contributed by atoms with Crippen molar-refractivity contribution in [1.82, 2.24) is 10.2 Å². The molecule has 0 saturated carbocycles. The maximum Gasteiger partial charge on any atom is 0.0931 e. The average molecular weight is 289 g/mol. The number of nitrogens with one attached hydrogen (secondary N) is 1. The van der Waals surface area contributed by atoms with Crippen molar-refractivity contribution >= 4 is 22.9 Å². The SMILES string of the molecule is CCN(CC)CCCC(C)NCc1ccc(Cl)s1. The molecule has 1 heterocycles. The van der Waals surface area contributed by atoms with Crippen LogP contribution >= 0.6 is 22.9 Å². The third-order valence-electron chi connectivity index (χ3n) is 3.26. The molecule has 0 bridgehead atoms. The lowest BCUT2D eigenvalue weighted by atomic mass is 10.1. The second-order valence-electron chi connectivity index (χ2n) is 4.66. The van der Waals surface area contributed by atoms with Crippen LogP contribution in [0.25, 0.3) is 0 Å². The van der Waals surface area contributed by atoms with Crippen molar-refractivity contribution in [2.75, 3.05) is 19.6 Å². The highest BCUT2D eigenvalue weighted by molar-refractivity contribution is 7.16. The van der Waals surface area contributed by atoms with Crippen LogP contribution in [0.3, 0.4) is 0 Å². The molecule has 1 aromatic heterocycles. The number of nitrogens with zero attached hydrogens (tertiary/aromatic N) is 1. The average Bonchev–Trinajstić information content (AvgIpc) is 2.78. The molecule has 0 aliphatic heterocycles. The van der Waals surface area contributed by atoms with Crippen LogP contribution in [0.4, 0.5) is 0 Å². The maximum absolute atomic E-state index is 5.91. The Hall–Kier alpha value is -0.0900. The fourth-order valence-electron chi connectivity index (χ4n) is 1.98. The minimum absolute atomic E-state index is 0.571. The van der Waals surface area contributed by atoms with E-state index in [-0.39, 0.29) is 0 Å². The number of hydrogen-bond acceptors (Lipinski definition) is 3. The highest BCUT2D eigenvalue weighted by Gasteiger charge is 2.05. The molecule has 0 spiro atoms. The van der Waals surface area contributed by atoms with E-state index >= 15 is 0 Å². The molecule has 2 nitrogen and oxygen atoms in total. The van der Waals surface area contributed by atoms with E-state index in [0.717, 1.165) is 24.0 Å². The summed E-state index contributed by atoms with van der Waals surface area (Å²) in [6.45, 7) is 11.2. The van der Waals surface area contributed by atoms with Crippen LogP contribution < -0.4 is 5.32 Å². The van der Waals surface area contributed by atoms with E-state index in [9.17, 15) is 0 Å². The van der Waals surface area contributed by atoms with Crippen molar-refractivity contribution in [1.29, 1.82) is 0 Å². The van der Waals surface area contributed by atoms with E-state index < -0.39 is 0 Å². The second-order valence-corrected chi connectivity index (χ2v) is 6.46. The molecule has 1 N–H and O–H groups in total. The molecule has 104 valence electrons. The van der Waals surface area contributed by atoms with Gasteiger partial charge in [0.15, 0.2) is 0 Å².